The first-order chi connectivity index (χ1) is 10.4. The molecule has 4 nitrogen and oxygen atoms in total. The number of rotatable bonds is 8. The Morgan fingerprint density at radius 1 is 0.952 bits per heavy atom. The first kappa shape index (κ1) is 15.3. The van der Waals surface area contributed by atoms with Crippen LogP contribution in [0.2, 0.25) is 0 Å². The van der Waals surface area contributed by atoms with Crippen molar-refractivity contribution in [2.24, 2.45) is 0 Å². The molecule has 0 N–H and O–H groups in total. The number of hydrogen-bond acceptors (Lipinski definition) is 4. The molecule has 0 aromatic heterocycles. The van der Waals surface area contributed by atoms with Gasteiger partial charge in [0.05, 0.1) is 31.5 Å². The number of fused-ring (bicyclic) bond motifs is 1. The van der Waals surface area contributed by atoms with E-state index in [-0.39, 0.29) is 0 Å². The highest BCUT2D eigenvalue weighted by Crippen LogP contribution is 2.28. The molecule has 0 aliphatic carbocycles. The van der Waals surface area contributed by atoms with Crippen molar-refractivity contribution < 1.29 is 14.2 Å². The van der Waals surface area contributed by atoms with Crippen LogP contribution in [0.15, 0.2) is 36.4 Å². The van der Waals surface area contributed by atoms with Gasteiger partial charge in [-0.15, -0.1) is 0 Å². The monoisotopic (exact) mass is 285 g/mol. The van der Waals surface area contributed by atoms with Gasteiger partial charge in [-0.05, 0) is 12.1 Å². The van der Waals surface area contributed by atoms with Crippen molar-refractivity contribution in [3.05, 3.63) is 42.0 Å². The van der Waals surface area contributed by atoms with Gasteiger partial charge in [0.15, 0.2) is 0 Å². The zero-order chi connectivity index (χ0) is 14.9. The van der Waals surface area contributed by atoms with Crippen molar-refractivity contribution >= 4 is 10.8 Å². The Kier molecular flexibility index (Phi) is 6.01. The van der Waals surface area contributed by atoms with E-state index in [1.807, 2.05) is 30.3 Å². The van der Waals surface area contributed by atoms with Crippen LogP contribution in [0.5, 0.6) is 5.75 Å². The van der Waals surface area contributed by atoms with E-state index in [0.29, 0.717) is 32.0 Å². The van der Waals surface area contributed by atoms with Crippen LogP contribution >= 0.6 is 0 Å². The van der Waals surface area contributed by atoms with Crippen LogP contribution < -0.4 is 4.74 Å². The molecule has 0 aliphatic rings. The van der Waals surface area contributed by atoms with Crippen LogP contribution in [0.4, 0.5) is 0 Å². The standard InChI is InChI=1S/C17H19NO3/c1-19-11-12-20-9-4-10-21-17-8-7-14(13-18)15-5-2-3-6-16(15)17/h2-3,5-8H,4,9-12H2,1H3. The minimum absolute atomic E-state index is 0.586. The Hall–Kier alpha value is -2.09. The summed E-state index contributed by atoms with van der Waals surface area (Å²) in [4.78, 5) is 0. The largest absolute Gasteiger partial charge is 0.493 e. The third kappa shape index (κ3) is 4.19. The van der Waals surface area contributed by atoms with E-state index in [1.54, 1.807) is 13.2 Å². The Labute approximate surface area is 124 Å². The average molecular weight is 285 g/mol. The molecule has 0 saturated heterocycles. The Morgan fingerprint density at radius 3 is 2.52 bits per heavy atom. The second-order valence-electron chi connectivity index (χ2n) is 4.58. The molecule has 2 aromatic carbocycles. The number of ether oxygens (including phenoxy) is 3. The van der Waals surface area contributed by atoms with Gasteiger partial charge in [0.2, 0.25) is 0 Å². The van der Waals surface area contributed by atoms with Crippen LogP contribution in [0.3, 0.4) is 0 Å². The maximum Gasteiger partial charge on any atom is 0.127 e. The van der Waals surface area contributed by atoms with E-state index >= 15 is 0 Å². The van der Waals surface area contributed by atoms with E-state index in [2.05, 4.69) is 6.07 Å². The van der Waals surface area contributed by atoms with Crippen LogP contribution in [0, 0.1) is 11.3 Å². The lowest BCUT2D eigenvalue weighted by atomic mass is 10.0. The number of hydrogen-bond donors (Lipinski definition) is 0. The highest BCUT2D eigenvalue weighted by atomic mass is 16.5. The summed E-state index contributed by atoms with van der Waals surface area (Å²) in [5.74, 6) is 0.807. The fourth-order valence-electron chi connectivity index (χ4n) is 2.08. The lowest BCUT2D eigenvalue weighted by Gasteiger charge is -2.10. The maximum atomic E-state index is 9.13. The molecule has 0 saturated carbocycles. The number of nitrogens with zero attached hydrogens (tertiary/aromatic N) is 1. The zero-order valence-electron chi connectivity index (χ0n) is 12.2. The Balaban J connectivity index is 1.92. The molecule has 4 heteroatoms. The lowest BCUT2D eigenvalue weighted by Crippen LogP contribution is -2.07. The van der Waals surface area contributed by atoms with Crippen LogP contribution in [-0.4, -0.2) is 33.5 Å². The van der Waals surface area contributed by atoms with Crippen molar-refractivity contribution in [2.45, 2.75) is 6.42 Å². The third-order valence-electron chi connectivity index (χ3n) is 3.13. The normalized spacial score (nSPS) is 10.5. The van der Waals surface area contributed by atoms with E-state index < -0.39 is 0 Å². The van der Waals surface area contributed by atoms with Gasteiger partial charge >= 0.3 is 0 Å². The molecule has 2 aromatic rings. The molecule has 0 unspecified atom stereocenters. The predicted molar refractivity (Wildman–Crippen MR) is 81.5 cm³/mol. The minimum Gasteiger partial charge on any atom is -0.493 e. The molecule has 110 valence electrons. The summed E-state index contributed by atoms with van der Waals surface area (Å²) >= 11 is 0. The van der Waals surface area contributed by atoms with E-state index in [4.69, 9.17) is 19.5 Å². The highest BCUT2D eigenvalue weighted by molar-refractivity contribution is 5.92. The van der Waals surface area contributed by atoms with Crippen molar-refractivity contribution in [1.29, 1.82) is 5.26 Å². The highest BCUT2D eigenvalue weighted by Gasteiger charge is 2.05. The first-order valence-corrected chi connectivity index (χ1v) is 6.98. The lowest BCUT2D eigenvalue weighted by molar-refractivity contribution is 0.0645. The topological polar surface area (TPSA) is 51.5 Å². The summed E-state index contributed by atoms with van der Waals surface area (Å²) < 4.78 is 16.1. The van der Waals surface area contributed by atoms with E-state index in [1.165, 1.54) is 0 Å². The molecule has 21 heavy (non-hydrogen) atoms. The summed E-state index contributed by atoms with van der Waals surface area (Å²) in [7, 11) is 1.66. The molecule has 0 atom stereocenters. The second kappa shape index (κ2) is 8.25. The molecule has 0 heterocycles. The summed E-state index contributed by atoms with van der Waals surface area (Å²) in [5.41, 5.74) is 0.667. The number of benzene rings is 2. The van der Waals surface area contributed by atoms with E-state index in [0.717, 1.165) is 22.9 Å². The fourth-order valence-corrected chi connectivity index (χ4v) is 2.08. The molecule has 0 amide bonds. The molecule has 0 fully saturated rings. The summed E-state index contributed by atoms with van der Waals surface area (Å²) in [6.45, 7) is 2.46. The quantitative estimate of drug-likeness (QED) is 0.699. The van der Waals surface area contributed by atoms with Gasteiger partial charge in [-0.3, -0.25) is 0 Å². The zero-order valence-corrected chi connectivity index (χ0v) is 12.2. The van der Waals surface area contributed by atoms with Gasteiger partial charge < -0.3 is 14.2 Å². The molecule has 0 spiro atoms. The number of methoxy groups -OCH3 is 1. The van der Waals surface area contributed by atoms with Gasteiger partial charge in [0.1, 0.15) is 5.75 Å². The van der Waals surface area contributed by atoms with Crippen molar-refractivity contribution in [2.75, 3.05) is 33.5 Å². The van der Waals surface area contributed by atoms with Gasteiger partial charge in [0, 0.05) is 30.9 Å². The van der Waals surface area contributed by atoms with Gasteiger partial charge in [-0.25, -0.2) is 0 Å². The van der Waals surface area contributed by atoms with Gasteiger partial charge in [-0.2, -0.15) is 5.26 Å². The summed E-state index contributed by atoms with van der Waals surface area (Å²) in [6, 6.07) is 13.6. The third-order valence-corrected chi connectivity index (χ3v) is 3.13. The SMILES string of the molecule is COCCOCCCOc1ccc(C#N)c2ccccc12. The molecule has 0 bridgehead atoms. The second-order valence-corrected chi connectivity index (χ2v) is 4.58. The van der Waals surface area contributed by atoms with Crippen LogP contribution in [0.25, 0.3) is 10.8 Å². The summed E-state index contributed by atoms with van der Waals surface area (Å²) in [6.07, 6.45) is 0.818. The molecule has 0 radical (unpaired) electrons. The maximum absolute atomic E-state index is 9.13. The van der Waals surface area contributed by atoms with E-state index in [9.17, 15) is 0 Å². The Bertz CT molecular complexity index is 619. The average Bonchev–Trinajstić information content (AvgIpc) is 2.54. The molecular weight excluding hydrogens is 266 g/mol. The fraction of sp³-hybridized carbons (Fsp3) is 0.353. The Morgan fingerprint density at radius 2 is 1.76 bits per heavy atom. The van der Waals surface area contributed by atoms with Crippen LogP contribution in [-0.2, 0) is 9.47 Å². The molecular formula is C17H19NO3. The minimum atomic E-state index is 0.586. The van der Waals surface area contributed by atoms with Crippen molar-refractivity contribution in [3.8, 4) is 11.8 Å². The smallest absolute Gasteiger partial charge is 0.127 e. The summed E-state index contributed by atoms with van der Waals surface area (Å²) in [5, 5.41) is 11.0. The van der Waals surface area contributed by atoms with Crippen molar-refractivity contribution in [1.82, 2.24) is 0 Å². The van der Waals surface area contributed by atoms with Gasteiger partial charge in [-0.1, -0.05) is 24.3 Å². The first-order valence-electron chi connectivity index (χ1n) is 6.98. The number of nitriles is 1. The molecule has 0 aliphatic heterocycles. The molecule has 2 rings (SSSR count). The predicted octanol–water partition coefficient (Wildman–Crippen LogP) is 3.14. The van der Waals surface area contributed by atoms with Gasteiger partial charge in [0.25, 0.3) is 0 Å². The van der Waals surface area contributed by atoms with Crippen molar-refractivity contribution in [3.63, 3.8) is 0 Å². The van der Waals surface area contributed by atoms with Crippen LogP contribution in [0.1, 0.15) is 12.0 Å².